The third-order valence-corrected chi connectivity index (χ3v) is 5.63. The molecule has 124 valence electrons. The van der Waals surface area contributed by atoms with E-state index in [9.17, 15) is 4.79 Å². The molecule has 3 aromatic rings. The zero-order valence-electron chi connectivity index (χ0n) is 13.6. The summed E-state index contributed by atoms with van der Waals surface area (Å²) in [4.78, 5) is 18.6. The minimum Gasteiger partial charge on any atom is -0.494 e. The minimum atomic E-state index is 0.0560. The summed E-state index contributed by atoms with van der Waals surface area (Å²) in [7, 11) is 1.80. The topological polar surface area (TPSA) is 42.4 Å². The maximum Gasteiger partial charge on any atom is 0.237 e. The van der Waals surface area contributed by atoms with E-state index in [1.807, 2.05) is 55.5 Å². The fraction of sp³-hybridized carbons (Fsp3) is 0.222. The maximum absolute atomic E-state index is 12.3. The van der Waals surface area contributed by atoms with Crippen LogP contribution in [0.2, 0.25) is 0 Å². The Balaban J connectivity index is 1.65. The maximum atomic E-state index is 12.3. The summed E-state index contributed by atoms with van der Waals surface area (Å²) in [6.45, 7) is 2.61. The molecule has 0 fully saturated rings. The molecule has 0 saturated carbocycles. The van der Waals surface area contributed by atoms with Gasteiger partial charge in [-0.25, -0.2) is 4.98 Å². The van der Waals surface area contributed by atoms with E-state index in [1.165, 1.54) is 11.8 Å². The molecule has 0 N–H and O–H groups in total. The average molecular weight is 358 g/mol. The van der Waals surface area contributed by atoms with E-state index in [4.69, 9.17) is 4.74 Å². The molecule has 0 aliphatic carbocycles. The van der Waals surface area contributed by atoms with Gasteiger partial charge in [-0.15, -0.1) is 11.3 Å². The Morgan fingerprint density at radius 2 is 2.04 bits per heavy atom. The molecular weight excluding hydrogens is 340 g/mol. The van der Waals surface area contributed by atoms with Crippen molar-refractivity contribution in [3.05, 3.63) is 48.5 Å². The summed E-state index contributed by atoms with van der Waals surface area (Å²) >= 11 is 3.06. The number of carbonyl (C=O) groups excluding carboxylic acids is 1. The highest BCUT2D eigenvalue weighted by Crippen LogP contribution is 2.32. The first-order valence-electron chi connectivity index (χ1n) is 7.65. The van der Waals surface area contributed by atoms with Crippen LogP contribution in [-0.4, -0.2) is 30.3 Å². The molecule has 1 heterocycles. The number of amides is 1. The first kappa shape index (κ1) is 16.8. The lowest BCUT2D eigenvalue weighted by molar-refractivity contribution is -0.115. The molecule has 0 aliphatic rings. The molecule has 0 saturated heterocycles. The van der Waals surface area contributed by atoms with Gasteiger partial charge in [-0.1, -0.05) is 30.0 Å². The van der Waals surface area contributed by atoms with Gasteiger partial charge in [0.25, 0.3) is 0 Å². The number of fused-ring (bicyclic) bond motifs is 1. The van der Waals surface area contributed by atoms with Crippen LogP contribution >= 0.6 is 23.1 Å². The van der Waals surface area contributed by atoms with Gasteiger partial charge in [-0.3, -0.25) is 4.79 Å². The predicted molar refractivity (Wildman–Crippen MR) is 101 cm³/mol. The number of anilines is 1. The number of hydrogen-bond acceptors (Lipinski definition) is 5. The number of rotatable bonds is 6. The highest BCUT2D eigenvalue weighted by molar-refractivity contribution is 8.01. The smallest absolute Gasteiger partial charge is 0.237 e. The summed E-state index contributed by atoms with van der Waals surface area (Å²) in [5, 5.41) is 0. The third-order valence-electron chi connectivity index (χ3n) is 3.49. The summed E-state index contributed by atoms with van der Waals surface area (Å²) in [5.41, 5.74) is 1.84. The Kier molecular flexibility index (Phi) is 5.37. The fourth-order valence-corrected chi connectivity index (χ4v) is 4.23. The quantitative estimate of drug-likeness (QED) is 0.611. The molecule has 6 heteroatoms. The number of thiazole rings is 1. The van der Waals surface area contributed by atoms with Gasteiger partial charge in [0.05, 0.1) is 22.6 Å². The van der Waals surface area contributed by atoms with Crippen LogP contribution in [0.5, 0.6) is 5.75 Å². The largest absolute Gasteiger partial charge is 0.494 e. The van der Waals surface area contributed by atoms with Crippen molar-refractivity contribution in [2.24, 2.45) is 0 Å². The molecule has 0 unspecified atom stereocenters. The van der Waals surface area contributed by atoms with Crippen molar-refractivity contribution in [1.29, 1.82) is 0 Å². The number of thioether (sulfide) groups is 1. The van der Waals surface area contributed by atoms with Gasteiger partial charge in [0, 0.05) is 12.7 Å². The molecule has 0 atom stereocenters. The van der Waals surface area contributed by atoms with Gasteiger partial charge in [-0.2, -0.15) is 0 Å². The van der Waals surface area contributed by atoms with Crippen LogP contribution in [0.1, 0.15) is 6.92 Å². The van der Waals surface area contributed by atoms with Crippen LogP contribution in [0, 0.1) is 0 Å². The van der Waals surface area contributed by atoms with Crippen molar-refractivity contribution in [2.75, 3.05) is 24.3 Å². The zero-order chi connectivity index (χ0) is 16.9. The van der Waals surface area contributed by atoms with E-state index in [-0.39, 0.29) is 5.91 Å². The second-order valence-corrected chi connectivity index (χ2v) is 7.37. The molecule has 0 aliphatic heterocycles. The fourth-order valence-electron chi connectivity index (χ4n) is 2.22. The van der Waals surface area contributed by atoms with Crippen LogP contribution in [0.15, 0.2) is 52.9 Å². The Bertz CT molecular complexity index is 833. The van der Waals surface area contributed by atoms with Gasteiger partial charge in [0.15, 0.2) is 4.34 Å². The number of ether oxygens (including phenoxy) is 1. The van der Waals surface area contributed by atoms with Crippen molar-refractivity contribution in [3.8, 4) is 5.75 Å². The standard InChI is InChI=1S/C18H18N2O2S2/c1-3-22-14-9-10-15-16(11-14)24-18(19-15)23-12-17(21)20(2)13-7-5-4-6-8-13/h4-11H,3,12H2,1-2H3. The molecule has 24 heavy (non-hydrogen) atoms. The molecule has 1 aromatic heterocycles. The van der Waals surface area contributed by atoms with Gasteiger partial charge in [0.1, 0.15) is 5.75 Å². The van der Waals surface area contributed by atoms with Gasteiger partial charge < -0.3 is 9.64 Å². The van der Waals surface area contributed by atoms with Crippen LogP contribution < -0.4 is 9.64 Å². The van der Waals surface area contributed by atoms with Crippen LogP contribution in [0.3, 0.4) is 0 Å². The Morgan fingerprint density at radius 1 is 1.25 bits per heavy atom. The number of nitrogens with zero attached hydrogens (tertiary/aromatic N) is 2. The van der Waals surface area contributed by atoms with Crippen molar-refractivity contribution in [1.82, 2.24) is 4.98 Å². The molecule has 3 rings (SSSR count). The minimum absolute atomic E-state index is 0.0560. The van der Waals surface area contributed by atoms with Crippen molar-refractivity contribution < 1.29 is 9.53 Å². The Hall–Kier alpha value is -2.05. The second kappa shape index (κ2) is 7.68. The summed E-state index contributed by atoms with van der Waals surface area (Å²) in [6.07, 6.45) is 0. The van der Waals surface area contributed by atoms with E-state index in [0.29, 0.717) is 12.4 Å². The van der Waals surface area contributed by atoms with E-state index in [2.05, 4.69) is 4.98 Å². The normalized spacial score (nSPS) is 10.8. The lowest BCUT2D eigenvalue weighted by Gasteiger charge is -2.16. The van der Waals surface area contributed by atoms with E-state index < -0.39 is 0 Å². The zero-order valence-corrected chi connectivity index (χ0v) is 15.2. The summed E-state index contributed by atoms with van der Waals surface area (Å²) in [5.74, 6) is 1.27. The lowest BCUT2D eigenvalue weighted by Crippen LogP contribution is -2.27. The van der Waals surface area contributed by atoms with Crippen molar-refractivity contribution >= 4 is 44.9 Å². The van der Waals surface area contributed by atoms with Gasteiger partial charge in [0.2, 0.25) is 5.91 Å². The highest BCUT2D eigenvalue weighted by Gasteiger charge is 2.13. The Labute approximate surface area is 149 Å². The van der Waals surface area contributed by atoms with E-state index in [0.717, 1.165) is 26.0 Å². The van der Waals surface area contributed by atoms with Crippen LogP contribution in [0.25, 0.3) is 10.2 Å². The van der Waals surface area contributed by atoms with Crippen molar-refractivity contribution in [3.63, 3.8) is 0 Å². The van der Waals surface area contributed by atoms with Gasteiger partial charge >= 0.3 is 0 Å². The monoisotopic (exact) mass is 358 g/mol. The first-order valence-corrected chi connectivity index (χ1v) is 9.45. The number of carbonyl (C=O) groups is 1. The third kappa shape index (κ3) is 3.88. The molecule has 2 aromatic carbocycles. The molecule has 0 radical (unpaired) electrons. The van der Waals surface area contributed by atoms with Crippen LogP contribution in [0.4, 0.5) is 5.69 Å². The summed E-state index contributed by atoms with van der Waals surface area (Å²) in [6, 6.07) is 15.5. The van der Waals surface area contributed by atoms with E-state index in [1.54, 1.807) is 23.3 Å². The molecular formula is C18H18N2O2S2. The highest BCUT2D eigenvalue weighted by atomic mass is 32.2. The SMILES string of the molecule is CCOc1ccc2nc(SCC(=O)N(C)c3ccccc3)sc2c1. The predicted octanol–water partition coefficient (Wildman–Crippen LogP) is 4.45. The summed E-state index contributed by atoms with van der Waals surface area (Å²) < 4.78 is 7.49. The Morgan fingerprint density at radius 3 is 2.79 bits per heavy atom. The number of aromatic nitrogens is 1. The number of benzene rings is 2. The molecule has 0 bridgehead atoms. The molecule has 4 nitrogen and oxygen atoms in total. The van der Waals surface area contributed by atoms with E-state index >= 15 is 0 Å². The van der Waals surface area contributed by atoms with Crippen molar-refractivity contribution in [2.45, 2.75) is 11.3 Å². The number of para-hydroxylation sites is 1. The van der Waals surface area contributed by atoms with Gasteiger partial charge in [-0.05, 0) is 37.3 Å². The second-order valence-electron chi connectivity index (χ2n) is 5.12. The average Bonchev–Trinajstić information content (AvgIpc) is 3.02. The molecule has 1 amide bonds. The number of hydrogen-bond donors (Lipinski definition) is 0. The lowest BCUT2D eigenvalue weighted by atomic mass is 10.3. The molecule has 0 spiro atoms. The first-order chi connectivity index (χ1) is 11.7. The van der Waals surface area contributed by atoms with Crippen LogP contribution in [-0.2, 0) is 4.79 Å².